The normalized spacial score (nSPS) is 9.55. The lowest BCUT2D eigenvalue weighted by molar-refractivity contribution is -0.109. The van der Waals surface area contributed by atoms with Crippen molar-refractivity contribution >= 4 is 16.9 Å². The van der Waals surface area contributed by atoms with E-state index in [0.717, 1.165) is 5.69 Å². The fourth-order valence-electron chi connectivity index (χ4n) is 0.659. The maximum Gasteiger partial charge on any atom is 0.186 e. The summed E-state index contributed by atoms with van der Waals surface area (Å²) in [4.78, 5) is 14.6. The highest BCUT2D eigenvalue weighted by Crippen LogP contribution is 2.09. The van der Waals surface area contributed by atoms with Crippen LogP contribution in [0.3, 0.4) is 0 Å². The molecule has 11 heavy (non-hydrogen) atoms. The summed E-state index contributed by atoms with van der Waals surface area (Å²) in [5, 5.41) is 0.135. The SMILES string of the molecule is CC(=O)SCc1ccccn1. The zero-order valence-electron chi connectivity index (χ0n) is 6.28. The van der Waals surface area contributed by atoms with Crippen LogP contribution in [0.25, 0.3) is 0 Å². The molecule has 0 N–H and O–H groups in total. The van der Waals surface area contributed by atoms with Crippen molar-refractivity contribution < 1.29 is 4.79 Å². The minimum absolute atomic E-state index is 0.135. The number of carbonyl (C=O) groups is 1. The first-order valence-electron chi connectivity index (χ1n) is 3.32. The Morgan fingerprint density at radius 1 is 1.64 bits per heavy atom. The van der Waals surface area contributed by atoms with Crippen molar-refractivity contribution in [2.75, 3.05) is 0 Å². The predicted molar refractivity (Wildman–Crippen MR) is 46.2 cm³/mol. The average Bonchev–Trinajstić information content (AvgIpc) is 2.03. The zero-order valence-corrected chi connectivity index (χ0v) is 7.10. The Hall–Kier alpha value is -0.830. The molecule has 0 atom stereocenters. The summed E-state index contributed by atoms with van der Waals surface area (Å²) in [6.07, 6.45) is 1.73. The molecule has 0 spiro atoms. The number of aromatic nitrogens is 1. The Bertz CT molecular complexity index is 235. The smallest absolute Gasteiger partial charge is 0.186 e. The van der Waals surface area contributed by atoms with Crippen LogP contribution in [0.15, 0.2) is 24.4 Å². The molecule has 2 nitrogen and oxygen atoms in total. The van der Waals surface area contributed by atoms with Gasteiger partial charge in [-0.3, -0.25) is 9.78 Å². The van der Waals surface area contributed by atoms with Gasteiger partial charge in [0, 0.05) is 18.9 Å². The molecule has 0 aliphatic rings. The molecule has 0 aromatic carbocycles. The van der Waals surface area contributed by atoms with Crippen molar-refractivity contribution in [3.05, 3.63) is 30.1 Å². The molecule has 0 aliphatic carbocycles. The molecule has 0 radical (unpaired) electrons. The molecular weight excluding hydrogens is 158 g/mol. The van der Waals surface area contributed by atoms with Gasteiger partial charge in [0.05, 0.1) is 5.69 Å². The fourth-order valence-corrected chi connectivity index (χ4v) is 1.18. The van der Waals surface area contributed by atoms with Gasteiger partial charge >= 0.3 is 0 Å². The second-order valence-corrected chi connectivity index (χ2v) is 3.25. The Balaban J connectivity index is 2.45. The standard InChI is InChI=1S/C8H9NOS/c1-7(10)11-6-8-4-2-3-5-9-8/h2-5H,6H2,1H3. The lowest BCUT2D eigenvalue weighted by Gasteiger charge is -1.94. The lowest BCUT2D eigenvalue weighted by atomic mass is 10.4. The van der Waals surface area contributed by atoms with Crippen LogP contribution in [0.4, 0.5) is 0 Å². The van der Waals surface area contributed by atoms with Crippen molar-refractivity contribution in [2.24, 2.45) is 0 Å². The van der Waals surface area contributed by atoms with Gasteiger partial charge < -0.3 is 0 Å². The van der Waals surface area contributed by atoms with Crippen LogP contribution >= 0.6 is 11.8 Å². The van der Waals surface area contributed by atoms with Gasteiger partial charge in [0.2, 0.25) is 0 Å². The third-order valence-electron chi connectivity index (χ3n) is 1.15. The van der Waals surface area contributed by atoms with E-state index in [4.69, 9.17) is 0 Å². The van der Waals surface area contributed by atoms with E-state index in [9.17, 15) is 4.79 Å². The predicted octanol–water partition coefficient (Wildman–Crippen LogP) is 1.86. The average molecular weight is 167 g/mol. The first kappa shape index (κ1) is 8.27. The molecule has 0 amide bonds. The number of carbonyl (C=O) groups excluding carboxylic acids is 1. The van der Waals surface area contributed by atoms with Crippen molar-refractivity contribution in [3.8, 4) is 0 Å². The molecule has 1 rings (SSSR count). The van der Waals surface area contributed by atoms with E-state index < -0.39 is 0 Å². The van der Waals surface area contributed by atoms with Gasteiger partial charge in [0.25, 0.3) is 0 Å². The Morgan fingerprint density at radius 2 is 2.45 bits per heavy atom. The third kappa shape index (κ3) is 3.18. The quantitative estimate of drug-likeness (QED) is 0.673. The molecule has 0 fully saturated rings. The van der Waals surface area contributed by atoms with Gasteiger partial charge in [0.15, 0.2) is 5.12 Å². The molecule has 1 heterocycles. The minimum atomic E-state index is 0.135. The highest BCUT2D eigenvalue weighted by Gasteiger charge is 1.95. The van der Waals surface area contributed by atoms with Crippen LogP contribution in [0.2, 0.25) is 0 Å². The summed E-state index contributed by atoms with van der Waals surface area (Å²) in [6.45, 7) is 1.56. The summed E-state index contributed by atoms with van der Waals surface area (Å²) in [5.41, 5.74) is 0.952. The van der Waals surface area contributed by atoms with Crippen molar-refractivity contribution in [2.45, 2.75) is 12.7 Å². The molecule has 1 aromatic heterocycles. The second kappa shape index (κ2) is 4.13. The molecule has 0 bridgehead atoms. The fraction of sp³-hybridized carbons (Fsp3) is 0.250. The van der Waals surface area contributed by atoms with E-state index in [2.05, 4.69) is 4.98 Å². The maximum atomic E-state index is 10.6. The summed E-state index contributed by atoms with van der Waals surface area (Å²) < 4.78 is 0. The van der Waals surface area contributed by atoms with Crippen LogP contribution in [-0.2, 0) is 10.5 Å². The summed E-state index contributed by atoms with van der Waals surface area (Å²) >= 11 is 1.28. The monoisotopic (exact) mass is 167 g/mol. The summed E-state index contributed by atoms with van der Waals surface area (Å²) in [6, 6.07) is 5.70. The number of hydrogen-bond acceptors (Lipinski definition) is 3. The third-order valence-corrected chi connectivity index (χ3v) is 2.00. The minimum Gasteiger partial charge on any atom is -0.288 e. The molecule has 0 aliphatic heterocycles. The molecule has 0 saturated heterocycles. The van der Waals surface area contributed by atoms with E-state index in [-0.39, 0.29) is 5.12 Å². The summed E-state index contributed by atoms with van der Waals surface area (Å²) in [5.74, 6) is 0.677. The van der Waals surface area contributed by atoms with Crippen LogP contribution in [0.5, 0.6) is 0 Å². The molecule has 0 unspecified atom stereocenters. The van der Waals surface area contributed by atoms with Gasteiger partial charge in [-0.25, -0.2) is 0 Å². The topological polar surface area (TPSA) is 30.0 Å². The number of thioether (sulfide) groups is 1. The highest BCUT2D eigenvalue weighted by molar-refractivity contribution is 8.12. The van der Waals surface area contributed by atoms with Crippen molar-refractivity contribution in [1.29, 1.82) is 0 Å². The van der Waals surface area contributed by atoms with E-state index in [1.54, 1.807) is 13.1 Å². The zero-order chi connectivity index (χ0) is 8.10. The van der Waals surface area contributed by atoms with E-state index in [1.165, 1.54) is 11.8 Å². The Labute approximate surface area is 70.0 Å². The Kier molecular flexibility index (Phi) is 3.11. The van der Waals surface area contributed by atoms with Gasteiger partial charge in [0.1, 0.15) is 0 Å². The van der Waals surface area contributed by atoms with Gasteiger partial charge in [-0.05, 0) is 12.1 Å². The number of hydrogen-bond donors (Lipinski definition) is 0. The van der Waals surface area contributed by atoms with Crippen LogP contribution < -0.4 is 0 Å². The van der Waals surface area contributed by atoms with E-state index in [1.807, 2.05) is 18.2 Å². The van der Waals surface area contributed by atoms with Crippen LogP contribution in [0, 0.1) is 0 Å². The maximum absolute atomic E-state index is 10.6. The number of nitrogens with zero attached hydrogens (tertiary/aromatic N) is 1. The second-order valence-electron chi connectivity index (χ2n) is 2.10. The molecule has 3 heteroatoms. The first-order valence-corrected chi connectivity index (χ1v) is 4.31. The highest BCUT2D eigenvalue weighted by atomic mass is 32.2. The molecular formula is C8H9NOS. The van der Waals surface area contributed by atoms with Crippen molar-refractivity contribution in [1.82, 2.24) is 4.98 Å². The molecule has 58 valence electrons. The Morgan fingerprint density at radius 3 is 3.00 bits per heavy atom. The van der Waals surface area contributed by atoms with E-state index >= 15 is 0 Å². The largest absolute Gasteiger partial charge is 0.288 e. The summed E-state index contributed by atoms with van der Waals surface area (Å²) in [7, 11) is 0. The van der Waals surface area contributed by atoms with Crippen LogP contribution in [0.1, 0.15) is 12.6 Å². The molecule has 1 aromatic rings. The van der Waals surface area contributed by atoms with E-state index in [0.29, 0.717) is 5.75 Å². The van der Waals surface area contributed by atoms with Gasteiger partial charge in [-0.1, -0.05) is 17.8 Å². The van der Waals surface area contributed by atoms with Crippen LogP contribution in [-0.4, -0.2) is 10.1 Å². The first-order chi connectivity index (χ1) is 5.29. The van der Waals surface area contributed by atoms with Gasteiger partial charge in [-0.2, -0.15) is 0 Å². The van der Waals surface area contributed by atoms with Gasteiger partial charge in [-0.15, -0.1) is 0 Å². The molecule has 0 saturated carbocycles. The number of rotatable bonds is 2. The number of pyridine rings is 1. The lowest BCUT2D eigenvalue weighted by Crippen LogP contribution is -1.87. The van der Waals surface area contributed by atoms with Crippen molar-refractivity contribution in [3.63, 3.8) is 0 Å².